The second-order valence-electron chi connectivity index (χ2n) is 8.00. The molecule has 9 nitrogen and oxygen atoms in total. The molecule has 4 rings (SSSR count). The molecular formula is C23H22F3N5O4. The number of hydrogen-bond donors (Lipinski definition) is 2. The summed E-state index contributed by atoms with van der Waals surface area (Å²) in [5, 5.41) is 9.72. The van der Waals surface area contributed by atoms with Gasteiger partial charge in [-0.2, -0.15) is 18.3 Å². The SMILES string of the molecule is O=C(CN1CCN(C(=O)COC(=O)c2ccc3[nH]ncc3c2)CC1)Nc1ccccc1C(F)(F)F. The molecule has 1 aromatic heterocycles. The molecule has 0 unspecified atom stereocenters. The van der Waals surface area contributed by atoms with Crippen LogP contribution >= 0.6 is 0 Å². The van der Waals surface area contributed by atoms with Crippen LogP contribution in [0.15, 0.2) is 48.7 Å². The van der Waals surface area contributed by atoms with Gasteiger partial charge in [0, 0.05) is 31.6 Å². The van der Waals surface area contributed by atoms with Gasteiger partial charge in [0.05, 0.1) is 35.1 Å². The number of nitrogens with one attached hydrogen (secondary N) is 2. The molecule has 2 heterocycles. The van der Waals surface area contributed by atoms with Crippen LogP contribution in [0.2, 0.25) is 0 Å². The maximum Gasteiger partial charge on any atom is 0.418 e. The van der Waals surface area contributed by atoms with Gasteiger partial charge in [-0.05, 0) is 30.3 Å². The van der Waals surface area contributed by atoms with Gasteiger partial charge < -0.3 is 15.0 Å². The zero-order valence-corrected chi connectivity index (χ0v) is 18.5. The van der Waals surface area contributed by atoms with Crippen LogP contribution in [0, 0.1) is 0 Å². The number of carbonyl (C=O) groups excluding carboxylic acids is 3. The van der Waals surface area contributed by atoms with Crippen LogP contribution in [-0.2, 0) is 20.5 Å². The molecule has 0 bridgehead atoms. The molecule has 1 aliphatic heterocycles. The summed E-state index contributed by atoms with van der Waals surface area (Å²) in [7, 11) is 0. The van der Waals surface area contributed by atoms with Crippen molar-refractivity contribution in [3.63, 3.8) is 0 Å². The number of nitrogens with zero attached hydrogens (tertiary/aromatic N) is 3. The van der Waals surface area contributed by atoms with Crippen molar-refractivity contribution in [3.05, 3.63) is 59.8 Å². The Morgan fingerprint density at radius 2 is 1.80 bits per heavy atom. The van der Waals surface area contributed by atoms with E-state index in [1.54, 1.807) is 29.3 Å². The molecule has 1 fully saturated rings. The number of aromatic nitrogens is 2. The number of ether oxygens (including phenoxy) is 1. The highest BCUT2D eigenvalue weighted by molar-refractivity contribution is 5.95. The number of H-pyrrole nitrogens is 1. The largest absolute Gasteiger partial charge is 0.452 e. The molecule has 0 aliphatic carbocycles. The number of rotatable bonds is 6. The fraction of sp³-hybridized carbons (Fsp3) is 0.304. The van der Waals surface area contributed by atoms with Crippen molar-refractivity contribution in [2.45, 2.75) is 6.18 Å². The quantitative estimate of drug-likeness (QED) is 0.516. The number of halogens is 3. The number of benzene rings is 2. The number of esters is 1. The zero-order chi connectivity index (χ0) is 25.0. The minimum Gasteiger partial charge on any atom is -0.452 e. The van der Waals surface area contributed by atoms with Gasteiger partial charge in [0.15, 0.2) is 6.61 Å². The number of anilines is 1. The lowest BCUT2D eigenvalue weighted by Crippen LogP contribution is -2.51. The lowest BCUT2D eigenvalue weighted by atomic mass is 10.1. The third-order valence-corrected chi connectivity index (χ3v) is 5.60. The van der Waals surface area contributed by atoms with Gasteiger partial charge >= 0.3 is 12.1 Å². The normalized spacial score (nSPS) is 14.7. The molecule has 1 aliphatic rings. The molecule has 0 atom stereocenters. The Morgan fingerprint density at radius 3 is 2.54 bits per heavy atom. The lowest BCUT2D eigenvalue weighted by molar-refractivity contribution is -0.137. The lowest BCUT2D eigenvalue weighted by Gasteiger charge is -2.34. The van der Waals surface area contributed by atoms with Crippen LogP contribution < -0.4 is 5.32 Å². The van der Waals surface area contributed by atoms with Crippen molar-refractivity contribution in [2.24, 2.45) is 0 Å². The van der Waals surface area contributed by atoms with Crippen LogP contribution in [0.1, 0.15) is 15.9 Å². The van der Waals surface area contributed by atoms with E-state index in [1.165, 1.54) is 23.1 Å². The van der Waals surface area contributed by atoms with E-state index in [9.17, 15) is 27.6 Å². The summed E-state index contributed by atoms with van der Waals surface area (Å²) in [6, 6.07) is 9.65. The fourth-order valence-electron chi connectivity index (χ4n) is 3.76. The van der Waals surface area contributed by atoms with Crippen molar-refractivity contribution >= 4 is 34.4 Å². The van der Waals surface area contributed by atoms with Crippen LogP contribution in [0.3, 0.4) is 0 Å². The van der Waals surface area contributed by atoms with Crippen LogP contribution in [0.4, 0.5) is 18.9 Å². The molecule has 1 saturated heterocycles. The van der Waals surface area contributed by atoms with E-state index in [0.717, 1.165) is 17.0 Å². The van der Waals surface area contributed by atoms with E-state index in [4.69, 9.17) is 4.74 Å². The topological polar surface area (TPSA) is 108 Å². The Morgan fingerprint density at radius 1 is 1.06 bits per heavy atom. The number of carbonyl (C=O) groups is 3. The molecule has 12 heteroatoms. The number of aromatic amines is 1. The van der Waals surface area contributed by atoms with Crippen molar-refractivity contribution in [1.82, 2.24) is 20.0 Å². The van der Waals surface area contributed by atoms with E-state index in [0.29, 0.717) is 31.7 Å². The van der Waals surface area contributed by atoms with E-state index in [1.807, 2.05) is 0 Å². The average Bonchev–Trinajstić information content (AvgIpc) is 3.30. The Kier molecular flexibility index (Phi) is 7.01. The highest BCUT2D eigenvalue weighted by atomic mass is 19.4. The van der Waals surface area contributed by atoms with Crippen molar-refractivity contribution in [3.8, 4) is 0 Å². The summed E-state index contributed by atoms with van der Waals surface area (Å²) in [5.74, 6) is -1.58. The second kappa shape index (κ2) is 10.1. The summed E-state index contributed by atoms with van der Waals surface area (Å²) in [5.41, 5.74) is -0.140. The molecule has 35 heavy (non-hydrogen) atoms. The smallest absolute Gasteiger partial charge is 0.418 e. The third kappa shape index (κ3) is 5.96. The summed E-state index contributed by atoms with van der Waals surface area (Å²) < 4.78 is 44.4. The van der Waals surface area contributed by atoms with E-state index < -0.39 is 30.2 Å². The summed E-state index contributed by atoms with van der Waals surface area (Å²) in [6.07, 6.45) is -3.00. The van der Waals surface area contributed by atoms with Gasteiger partial charge in [-0.1, -0.05) is 12.1 Å². The molecule has 184 valence electrons. The number of amides is 2. The zero-order valence-electron chi connectivity index (χ0n) is 18.5. The van der Waals surface area contributed by atoms with Crippen molar-refractivity contribution < 1.29 is 32.3 Å². The minimum atomic E-state index is -4.58. The van der Waals surface area contributed by atoms with Gasteiger partial charge in [-0.25, -0.2) is 4.79 Å². The Hall–Kier alpha value is -3.93. The summed E-state index contributed by atoms with van der Waals surface area (Å²) >= 11 is 0. The predicted molar refractivity (Wildman–Crippen MR) is 119 cm³/mol. The number of piperazine rings is 1. The molecule has 3 aromatic rings. The van der Waals surface area contributed by atoms with Crippen molar-refractivity contribution in [2.75, 3.05) is 44.6 Å². The molecule has 0 radical (unpaired) electrons. The van der Waals surface area contributed by atoms with Gasteiger partial charge in [0.1, 0.15) is 0 Å². The van der Waals surface area contributed by atoms with E-state index in [-0.39, 0.29) is 18.1 Å². The number of fused-ring (bicyclic) bond motifs is 1. The molecule has 0 spiro atoms. The first kappa shape index (κ1) is 24.2. The van der Waals surface area contributed by atoms with Crippen molar-refractivity contribution in [1.29, 1.82) is 0 Å². The molecular weight excluding hydrogens is 467 g/mol. The van der Waals surface area contributed by atoms with E-state index >= 15 is 0 Å². The Bertz CT molecular complexity index is 1240. The maximum atomic E-state index is 13.1. The molecule has 0 saturated carbocycles. The summed E-state index contributed by atoms with van der Waals surface area (Å²) in [6.45, 7) is 0.764. The predicted octanol–water partition coefficient (Wildman–Crippen LogP) is 2.52. The molecule has 2 N–H and O–H groups in total. The van der Waals surface area contributed by atoms with E-state index in [2.05, 4.69) is 15.5 Å². The first-order chi connectivity index (χ1) is 16.7. The molecule has 2 amide bonds. The van der Waals surface area contributed by atoms with Gasteiger partial charge in [-0.15, -0.1) is 0 Å². The number of alkyl halides is 3. The standard InChI is InChI=1S/C23H22F3N5O4/c24-23(25,26)17-3-1-2-4-19(17)28-20(32)13-30-7-9-31(10-8-30)21(33)14-35-22(34)15-5-6-18-16(11-15)12-27-29-18/h1-6,11-12H,7-10,13-14H2,(H,27,29)(H,28,32). The second-order valence-corrected chi connectivity index (χ2v) is 8.00. The maximum absolute atomic E-state index is 13.1. The average molecular weight is 489 g/mol. The Labute approximate surface area is 197 Å². The Balaban J connectivity index is 1.22. The highest BCUT2D eigenvalue weighted by Gasteiger charge is 2.33. The fourth-order valence-corrected chi connectivity index (χ4v) is 3.76. The van der Waals surface area contributed by atoms with Gasteiger partial charge in [0.25, 0.3) is 5.91 Å². The van der Waals surface area contributed by atoms with Crippen LogP contribution in [-0.4, -0.2) is 77.1 Å². The first-order valence-corrected chi connectivity index (χ1v) is 10.8. The molecule has 2 aromatic carbocycles. The third-order valence-electron chi connectivity index (χ3n) is 5.60. The number of hydrogen-bond acceptors (Lipinski definition) is 6. The highest BCUT2D eigenvalue weighted by Crippen LogP contribution is 2.34. The van der Waals surface area contributed by atoms with Crippen LogP contribution in [0.5, 0.6) is 0 Å². The van der Waals surface area contributed by atoms with Crippen LogP contribution in [0.25, 0.3) is 10.9 Å². The van der Waals surface area contributed by atoms with Gasteiger partial charge in [0.2, 0.25) is 5.91 Å². The summed E-state index contributed by atoms with van der Waals surface area (Å²) in [4.78, 5) is 40.2. The minimum absolute atomic E-state index is 0.111. The number of para-hydroxylation sites is 1. The van der Waals surface area contributed by atoms with Gasteiger partial charge in [-0.3, -0.25) is 19.6 Å². The first-order valence-electron chi connectivity index (χ1n) is 10.8. The monoisotopic (exact) mass is 489 g/mol.